The highest BCUT2D eigenvalue weighted by atomic mass is 32.2. The Bertz CT molecular complexity index is 1180. The molecule has 2 aromatic carbocycles. The van der Waals surface area contributed by atoms with E-state index in [1.807, 2.05) is 30.3 Å². The van der Waals surface area contributed by atoms with Crippen LogP contribution in [-0.2, 0) is 25.5 Å². The molecule has 9 heteroatoms. The van der Waals surface area contributed by atoms with E-state index in [1.165, 1.54) is 16.7 Å². The van der Waals surface area contributed by atoms with Crippen LogP contribution in [0.25, 0.3) is 0 Å². The molecule has 33 heavy (non-hydrogen) atoms. The SMILES string of the molecule is CC1(C)S[C@@H]2[C@H](NC(=O)Cc3ccccc3)C(=O)N2[C@]1(C(=O)O)C1OC(=O)c2ccccc21. The molecule has 0 aliphatic carbocycles. The molecule has 1 unspecified atom stereocenters. The topological polar surface area (TPSA) is 113 Å². The molecule has 2 N–H and O–H groups in total. The molecule has 5 rings (SSSR count). The van der Waals surface area contributed by atoms with Crippen molar-refractivity contribution < 1.29 is 29.0 Å². The molecule has 3 heterocycles. The van der Waals surface area contributed by atoms with Gasteiger partial charge in [-0.25, -0.2) is 9.59 Å². The normalized spacial score (nSPS) is 29.0. The van der Waals surface area contributed by atoms with Crippen molar-refractivity contribution in [2.24, 2.45) is 0 Å². The lowest BCUT2D eigenvalue weighted by Gasteiger charge is -2.51. The van der Waals surface area contributed by atoms with Crippen molar-refractivity contribution in [3.63, 3.8) is 0 Å². The van der Waals surface area contributed by atoms with Crippen LogP contribution in [0.2, 0.25) is 0 Å². The number of amides is 2. The maximum atomic E-state index is 13.3. The predicted molar refractivity (Wildman–Crippen MR) is 119 cm³/mol. The average molecular weight is 467 g/mol. The molecular formula is C24H22N2O6S. The molecule has 0 spiro atoms. The van der Waals surface area contributed by atoms with Gasteiger partial charge in [0.05, 0.1) is 16.7 Å². The smallest absolute Gasteiger partial charge is 0.339 e. The number of rotatable bonds is 5. The summed E-state index contributed by atoms with van der Waals surface area (Å²) in [4.78, 5) is 52.5. The van der Waals surface area contributed by atoms with Gasteiger partial charge < -0.3 is 20.1 Å². The van der Waals surface area contributed by atoms with Gasteiger partial charge in [0.15, 0.2) is 11.6 Å². The Balaban J connectivity index is 1.46. The van der Waals surface area contributed by atoms with Crippen molar-refractivity contribution in [3.8, 4) is 0 Å². The zero-order valence-corrected chi connectivity index (χ0v) is 18.8. The van der Waals surface area contributed by atoms with Crippen LogP contribution in [0.1, 0.15) is 41.4 Å². The molecule has 3 aliphatic rings. The summed E-state index contributed by atoms with van der Waals surface area (Å²) in [6.07, 6.45) is -1.04. The number of hydrogen-bond acceptors (Lipinski definition) is 6. The minimum Gasteiger partial charge on any atom is -0.479 e. The summed E-state index contributed by atoms with van der Waals surface area (Å²) in [5, 5.41) is 12.7. The number of ether oxygens (including phenoxy) is 1. The van der Waals surface area contributed by atoms with Gasteiger partial charge in [0.2, 0.25) is 11.8 Å². The van der Waals surface area contributed by atoms with E-state index in [9.17, 15) is 24.3 Å². The van der Waals surface area contributed by atoms with Crippen LogP contribution in [0.4, 0.5) is 0 Å². The number of aliphatic carboxylic acids is 1. The summed E-state index contributed by atoms with van der Waals surface area (Å²) in [6, 6.07) is 14.9. The van der Waals surface area contributed by atoms with E-state index in [2.05, 4.69) is 5.32 Å². The zero-order valence-electron chi connectivity index (χ0n) is 18.0. The first-order chi connectivity index (χ1) is 15.7. The van der Waals surface area contributed by atoms with Gasteiger partial charge in [-0.05, 0) is 25.5 Å². The Hall–Kier alpha value is -3.33. The number of cyclic esters (lactones) is 1. The second kappa shape index (κ2) is 7.34. The van der Waals surface area contributed by atoms with Crippen LogP contribution in [0.3, 0.4) is 0 Å². The Labute approximate surface area is 194 Å². The first-order valence-electron chi connectivity index (χ1n) is 10.6. The van der Waals surface area contributed by atoms with E-state index in [0.29, 0.717) is 11.1 Å². The lowest BCUT2D eigenvalue weighted by atomic mass is 9.74. The molecular weight excluding hydrogens is 444 g/mol. The van der Waals surface area contributed by atoms with Gasteiger partial charge in [0, 0.05) is 5.56 Å². The number of esters is 1. The summed E-state index contributed by atoms with van der Waals surface area (Å²) in [6.45, 7) is 3.46. The van der Waals surface area contributed by atoms with Gasteiger partial charge in [0.1, 0.15) is 11.4 Å². The highest BCUT2D eigenvalue weighted by Crippen LogP contribution is 2.62. The number of β-lactam (4-membered cyclic amide) rings is 1. The van der Waals surface area contributed by atoms with Gasteiger partial charge in [-0.1, -0.05) is 48.5 Å². The number of nitrogens with zero attached hydrogens (tertiary/aromatic N) is 1. The summed E-state index contributed by atoms with van der Waals surface area (Å²) >= 11 is 1.29. The second-order valence-corrected chi connectivity index (χ2v) is 10.6. The van der Waals surface area contributed by atoms with Crippen molar-refractivity contribution >= 4 is 35.5 Å². The van der Waals surface area contributed by atoms with E-state index < -0.39 is 45.7 Å². The molecule has 2 amide bonds. The quantitative estimate of drug-likeness (QED) is 0.513. The van der Waals surface area contributed by atoms with Crippen LogP contribution in [0.5, 0.6) is 0 Å². The third kappa shape index (κ3) is 2.91. The van der Waals surface area contributed by atoms with Gasteiger partial charge >= 0.3 is 11.9 Å². The number of hydrogen-bond donors (Lipinski definition) is 2. The minimum absolute atomic E-state index is 0.114. The first-order valence-corrected chi connectivity index (χ1v) is 11.4. The zero-order chi connectivity index (χ0) is 23.5. The van der Waals surface area contributed by atoms with E-state index in [-0.39, 0.29) is 12.3 Å². The summed E-state index contributed by atoms with van der Waals surface area (Å²) < 4.78 is 4.58. The third-order valence-corrected chi connectivity index (χ3v) is 8.30. The molecule has 0 bridgehead atoms. The molecule has 3 aliphatic heterocycles. The fourth-order valence-corrected chi connectivity index (χ4v) is 6.92. The number of carboxylic acid groups (broad SMARTS) is 1. The van der Waals surface area contributed by atoms with Gasteiger partial charge in [-0.15, -0.1) is 11.8 Å². The largest absolute Gasteiger partial charge is 0.479 e. The van der Waals surface area contributed by atoms with Crippen LogP contribution >= 0.6 is 11.8 Å². The van der Waals surface area contributed by atoms with Crippen molar-refractivity contribution in [2.45, 2.75) is 48.1 Å². The third-order valence-electron chi connectivity index (χ3n) is 6.67. The van der Waals surface area contributed by atoms with Crippen molar-refractivity contribution in [1.29, 1.82) is 0 Å². The van der Waals surface area contributed by atoms with Crippen LogP contribution in [0.15, 0.2) is 54.6 Å². The molecule has 2 aromatic rings. The van der Waals surface area contributed by atoms with E-state index in [4.69, 9.17) is 4.74 Å². The standard InChI is InChI=1S/C24H22N2O6S/c1-23(2)24(22(30)31,18-14-10-6-7-11-15(14)21(29)32-18)26-19(28)17(20(26)33-23)25-16(27)12-13-8-4-3-5-9-13/h3-11,17-18,20H,12H2,1-2H3,(H,25,27)(H,30,31)/t17-,18?,20-,24+/m1/s1. The molecule has 8 nitrogen and oxygen atoms in total. The van der Waals surface area contributed by atoms with Gasteiger partial charge in [-0.2, -0.15) is 0 Å². The average Bonchev–Trinajstić information content (AvgIpc) is 3.22. The number of fused-ring (bicyclic) bond motifs is 2. The Morgan fingerprint density at radius 1 is 1.09 bits per heavy atom. The first kappa shape index (κ1) is 21.5. The monoisotopic (exact) mass is 466 g/mol. The number of carboxylic acids is 1. The van der Waals surface area contributed by atoms with Crippen LogP contribution in [-0.4, -0.2) is 55.5 Å². The van der Waals surface area contributed by atoms with E-state index in [1.54, 1.807) is 38.1 Å². The maximum Gasteiger partial charge on any atom is 0.339 e. The van der Waals surface area contributed by atoms with Crippen molar-refractivity contribution in [1.82, 2.24) is 10.2 Å². The fraction of sp³-hybridized carbons (Fsp3) is 0.333. The number of benzene rings is 2. The summed E-state index contributed by atoms with van der Waals surface area (Å²) in [5.41, 5.74) is -0.258. The summed E-state index contributed by atoms with van der Waals surface area (Å²) in [5.74, 6) is -2.68. The number of thioether (sulfide) groups is 1. The molecule has 2 fully saturated rings. The molecule has 0 aromatic heterocycles. The molecule has 2 saturated heterocycles. The lowest BCUT2D eigenvalue weighted by molar-refractivity contribution is -0.182. The van der Waals surface area contributed by atoms with Crippen molar-refractivity contribution in [2.75, 3.05) is 0 Å². The highest BCUT2D eigenvalue weighted by molar-refractivity contribution is 8.01. The second-order valence-electron chi connectivity index (χ2n) is 8.88. The Morgan fingerprint density at radius 3 is 2.45 bits per heavy atom. The van der Waals surface area contributed by atoms with Gasteiger partial charge in [-0.3, -0.25) is 9.59 Å². The number of carbonyl (C=O) groups is 4. The van der Waals surface area contributed by atoms with E-state index >= 15 is 0 Å². The van der Waals surface area contributed by atoms with Crippen molar-refractivity contribution in [3.05, 3.63) is 71.3 Å². The molecule has 0 radical (unpaired) electrons. The molecule has 170 valence electrons. The van der Waals surface area contributed by atoms with Gasteiger partial charge in [0.25, 0.3) is 0 Å². The number of carbonyl (C=O) groups excluding carboxylic acids is 3. The Morgan fingerprint density at radius 2 is 1.76 bits per heavy atom. The maximum absolute atomic E-state index is 13.3. The lowest BCUT2D eigenvalue weighted by Crippen LogP contribution is -2.77. The molecule has 0 saturated carbocycles. The summed E-state index contributed by atoms with van der Waals surface area (Å²) in [7, 11) is 0. The minimum atomic E-state index is -1.82. The number of nitrogens with one attached hydrogen (secondary N) is 1. The Kier molecular flexibility index (Phi) is 4.79. The fourth-order valence-electron chi connectivity index (χ4n) is 5.15. The highest BCUT2D eigenvalue weighted by Gasteiger charge is 2.77. The van der Waals surface area contributed by atoms with E-state index in [0.717, 1.165) is 5.56 Å². The predicted octanol–water partition coefficient (Wildman–Crippen LogP) is 2.14. The van der Waals surface area contributed by atoms with Crippen LogP contribution < -0.4 is 5.32 Å². The molecule has 4 atom stereocenters. The van der Waals surface area contributed by atoms with Crippen LogP contribution in [0, 0.1) is 0 Å².